The standard InChI is InChI=1S/C13H15BrN4OS/c1-7(15)12(8-3-2-4-9(14)5-8)20-13-17-10(16)6-11(19)18-13/h2-7,12H,15H2,1H3,(H3,16,17,18,19). The summed E-state index contributed by atoms with van der Waals surface area (Å²) in [6, 6.07) is 9.05. The molecular formula is C13H15BrN4OS. The highest BCUT2D eigenvalue weighted by Gasteiger charge is 2.19. The Morgan fingerprint density at radius 3 is 2.75 bits per heavy atom. The Morgan fingerprint density at radius 2 is 2.15 bits per heavy atom. The lowest BCUT2D eigenvalue weighted by Crippen LogP contribution is -2.23. The Labute approximate surface area is 129 Å². The smallest absolute Gasteiger partial charge is 0.253 e. The fourth-order valence-electron chi connectivity index (χ4n) is 1.79. The minimum atomic E-state index is -0.266. The summed E-state index contributed by atoms with van der Waals surface area (Å²) in [5, 5.41) is 0.440. The second kappa shape index (κ2) is 6.43. The Kier molecular flexibility index (Phi) is 4.85. The molecule has 0 aliphatic carbocycles. The van der Waals surface area contributed by atoms with Crippen molar-refractivity contribution < 1.29 is 0 Å². The topological polar surface area (TPSA) is 97.8 Å². The third kappa shape index (κ3) is 3.84. The molecule has 0 spiro atoms. The molecule has 2 unspecified atom stereocenters. The van der Waals surface area contributed by atoms with E-state index in [4.69, 9.17) is 11.5 Å². The molecule has 20 heavy (non-hydrogen) atoms. The van der Waals surface area contributed by atoms with E-state index in [9.17, 15) is 4.79 Å². The van der Waals surface area contributed by atoms with Gasteiger partial charge in [-0.05, 0) is 24.6 Å². The number of H-pyrrole nitrogens is 1. The van der Waals surface area contributed by atoms with E-state index in [2.05, 4.69) is 25.9 Å². The number of nitrogen functional groups attached to an aromatic ring is 1. The van der Waals surface area contributed by atoms with Crippen molar-refractivity contribution >= 4 is 33.5 Å². The van der Waals surface area contributed by atoms with E-state index < -0.39 is 0 Å². The molecule has 7 heteroatoms. The lowest BCUT2D eigenvalue weighted by atomic mass is 10.1. The largest absolute Gasteiger partial charge is 0.383 e. The van der Waals surface area contributed by atoms with Crippen LogP contribution in [0.15, 0.2) is 44.8 Å². The Morgan fingerprint density at radius 1 is 1.40 bits per heavy atom. The van der Waals surface area contributed by atoms with Crippen LogP contribution in [0.25, 0.3) is 0 Å². The van der Waals surface area contributed by atoms with Gasteiger partial charge in [-0.2, -0.15) is 0 Å². The minimum absolute atomic E-state index is 0.0301. The average molecular weight is 355 g/mol. The second-order valence-electron chi connectivity index (χ2n) is 4.43. The van der Waals surface area contributed by atoms with Gasteiger partial charge >= 0.3 is 0 Å². The van der Waals surface area contributed by atoms with E-state index in [1.807, 2.05) is 31.2 Å². The van der Waals surface area contributed by atoms with Crippen molar-refractivity contribution in [3.05, 3.63) is 50.7 Å². The highest BCUT2D eigenvalue weighted by molar-refractivity contribution is 9.10. The number of rotatable bonds is 4. The SMILES string of the molecule is CC(N)C(Sc1nc(N)cc(=O)[nH]1)c1cccc(Br)c1. The summed E-state index contributed by atoms with van der Waals surface area (Å²) in [5.41, 5.74) is 12.4. The summed E-state index contributed by atoms with van der Waals surface area (Å²) < 4.78 is 0.982. The summed E-state index contributed by atoms with van der Waals surface area (Å²) in [5.74, 6) is 0.203. The van der Waals surface area contributed by atoms with E-state index in [0.717, 1.165) is 10.0 Å². The van der Waals surface area contributed by atoms with Crippen molar-refractivity contribution in [3.63, 3.8) is 0 Å². The fourth-order valence-corrected chi connectivity index (χ4v) is 3.26. The third-order valence-corrected chi connectivity index (χ3v) is 4.50. The van der Waals surface area contributed by atoms with Gasteiger partial charge in [-0.3, -0.25) is 4.79 Å². The van der Waals surface area contributed by atoms with Crippen LogP contribution in [0.1, 0.15) is 17.7 Å². The van der Waals surface area contributed by atoms with Crippen LogP contribution in [0, 0.1) is 0 Å². The number of benzene rings is 1. The molecule has 0 radical (unpaired) electrons. The molecule has 2 atom stereocenters. The molecule has 0 saturated heterocycles. The zero-order valence-corrected chi connectivity index (χ0v) is 13.2. The monoisotopic (exact) mass is 354 g/mol. The first-order chi connectivity index (χ1) is 9.45. The maximum absolute atomic E-state index is 11.4. The number of hydrogen-bond donors (Lipinski definition) is 3. The third-order valence-electron chi connectivity index (χ3n) is 2.63. The van der Waals surface area contributed by atoms with E-state index in [-0.39, 0.29) is 22.7 Å². The molecule has 0 saturated carbocycles. The van der Waals surface area contributed by atoms with E-state index in [0.29, 0.717) is 5.16 Å². The predicted octanol–water partition coefficient (Wildman–Crippen LogP) is 2.30. The van der Waals surface area contributed by atoms with Crippen molar-refractivity contribution in [1.29, 1.82) is 0 Å². The van der Waals surface area contributed by atoms with E-state index in [1.54, 1.807) is 0 Å². The van der Waals surface area contributed by atoms with Crippen LogP contribution in [0.2, 0.25) is 0 Å². The molecule has 1 aromatic carbocycles. The summed E-state index contributed by atoms with van der Waals surface area (Å²) in [4.78, 5) is 18.2. The summed E-state index contributed by atoms with van der Waals surface area (Å²) >= 11 is 4.84. The molecule has 0 bridgehead atoms. The molecule has 5 N–H and O–H groups in total. The molecule has 2 aromatic rings. The van der Waals surface area contributed by atoms with Crippen molar-refractivity contribution in [3.8, 4) is 0 Å². The van der Waals surface area contributed by atoms with Gasteiger partial charge in [-0.15, -0.1) is 0 Å². The number of thioether (sulfide) groups is 1. The molecule has 1 aromatic heterocycles. The molecular weight excluding hydrogens is 340 g/mol. The van der Waals surface area contributed by atoms with Crippen LogP contribution in [0.4, 0.5) is 5.82 Å². The number of anilines is 1. The normalized spacial score (nSPS) is 13.9. The van der Waals surface area contributed by atoms with E-state index >= 15 is 0 Å². The molecule has 5 nitrogen and oxygen atoms in total. The Bertz CT molecular complexity index is 659. The number of nitrogens with two attached hydrogens (primary N) is 2. The fraction of sp³-hybridized carbons (Fsp3) is 0.231. The molecule has 0 fully saturated rings. The van der Waals surface area contributed by atoms with Crippen molar-refractivity contribution in [2.45, 2.75) is 23.4 Å². The predicted molar refractivity (Wildman–Crippen MR) is 85.7 cm³/mol. The maximum Gasteiger partial charge on any atom is 0.253 e. The zero-order chi connectivity index (χ0) is 14.7. The summed E-state index contributed by atoms with van der Waals surface area (Å²) in [6.45, 7) is 1.92. The van der Waals surface area contributed by atoms with Crippen LogP contribution in [-0.4, -0.2) is 16.0 Å². The number of aromatic amines is 1. The first-order valence-electron chi connectivity index (χ1n) is 6.00. The molecule has 0 aliphatic rings. The molecule has 1 heterocycles. The van der Waals surface area contributed by atoms with Crippen molar-refractivity contribution in [1.82, 2.24) is 9.97 Å². The quantitative estimate of drug-likeness (QED) is 0.578. The van der Waals surface area contributed by atoms with Crippen LogP contribution >= 0.6 is 27.7 Å². The Balaban J connectivity index is 2.32. The maximum atomic E-state index is 11.4. The van der Waals surface area contributed by atoms with Crippen LogP contribution in [0.3, 0.4) is 0 Å². The van der Waals surface area contributed by atoms with Gasteiger partial charge in [0.1, 0.15) is 5.82 Å². The molecule has 0 amide bonds. The number of hydrogen-bond acceptors (Lipinski definition) is 5. The Hall–Kier alpha value is -1.31. The van der Waals surface area contributed by atoms with Gasteiger partial charge < -0.3 is 16.5 Å². The van der Waals surface area contributed by atoms with Crippen LogP contribution < -0.4 is 17.0 Å². The first-order valence-corrected chi connectivity index (χ1v) is 7.67. The second-order valence-corrected chi connectivity index (χ2v) is 6.47. The van der Waals surface area contributed by atoms with Gasteiger partial charge in [0.05, 0.1) is 5.25 Å². The van der Waals surface area contributed by atoms with Crippen molar-refractivity contribution in [2.75, 3.05) is 5.73 Å². The molecule has 0 aliphatic heterocycles. The minimum Gasteiger partial charge on any atom is -0.383 e. The zero-order valence-electron chi connectivity index (χ0n) is 10.8. The lowest BCUT2D eigenvalue weighted by Gasteiger charge is -2.20. The number of nitrogens with one attached hydrogen (secondary N) is 1. The van der Waals surface area contributed by atoms with Crippen LogP contribution in [0.5, 0.6) is 0 Å². The highest BCUT2D eigenvalue weighted by Crippen LogP contribution is 2.36. The summed E-state index contributed by atoms with van der Waals surface area (Å²) in [6.07, 6.45) is 0. The van der Waals surface area contributed by atoms with Crippen molar-refractivity contribution in [2.24, 2.45) is 5.73 Å². The van der Waals surface area contributed by atoms with Gasteiger partial charge in [0.15, 0.2) is 5.16 Å². The lowest BCUT2D eigenvalue weighted by molar-refractivity contribution is 0.717. The van der Waals surface area contributed by atoms with Crippen LogP contribution in [-0.2, 0) is 0 Å². The van der Waals surface area contributed by atoms with Gasteiger partial charge in [0, 0.05) is 16.6 Å². The number of halogens is 1. The van der Waals surface area contributed by atoms with Gasteiger partial charge in [0.2, 0.25) is 0 Å². The average Bonchev–Trinajstić information content (AvgIpc) is 2.34. The van der Waals surface area contributed by atoms with Gasteiger partial charge in [-0.25, -0.2) is 4.98 Å². The highest BCUT2D eigenvalue weighted by atomic mass is 79.9. The van der Waals surface area contributed by atoms with Gasteiger partial charge in [-0.1, -0.05) is 39.8 Å². The van der Waals surface area contributed by atoms with Gasteiger partial charge in [0.25, 0.3) is 5.56 Å². The molecule has 106 valence electrons. The number of aromatic nitrogens is 2. The van der Waals surface area contributed by atoms with E-state index in [1.165, 1.54) is 17.8 Å². The number of nitrogens with zero attached hydrogens (tertiary/aromatic N) is 1. The first kappa shape index (κ1) is 15.1. The summed E-state index contributed by atoms with van der Waals surface area (Å²) in [7, 11) is 0. The molecule has 2 rings (SSSR count).